The van der Waals surface area contributed by atoms with Crippen LogP contribution in [-0.4, -0.2) is 12.1 Å². The lowest BCUT2D eigenvalue weighted by atomic mass is 9.93. The smallest absolute Gasteiger partial charge is 0.00979 e. The van der Waals surface area contributed by atoms with E-state index in [4.69, 9.17) is 0 Å². The Morgan fingerprint density at radius 2 is 1.94 bits per heavy atom. The minimum absolute atomic E-state index is 0.717. The minimum Gasteiger partial charge on any atom is -0.311 e. The van der Waals surface area contributed by atoms with E-state index < -0.39 is 0 Å². The molecule has 0 radical (unpaired) electrons. The van der Waals surface area contributed by atoms with Gasteiger partial charge in [0.1, 0.15) is 0 Å². The van der Waals surface area contributed by atoms with Crippen LogP contribution >= 0.6 is 0 Å². The summed E-state index contributed by atoms with van der Waals surface area (Å²) in [6.07, 6.45) is 9.68. The van der Waals surface area contributed by atoms with E-state index in [1.807, 2.05) is 0 Å². The zero-order valence-corrected chi connectivity index (χ0v) is 11.8. The van der Waals surface area contributed by atoms with Crippen molar-refractivity contribution in [2.24, 2.45) is 11.8 Å². The summed E-state index contributed by atoms with van der Waals surface area (Å²) in [5.41, 5.74) is 0. The molecule has 1 aliphatic carbocycles. The molecule has 4 unspecified atom stereocenters. The third kappa shape index (κ3) is 4.08. The van der Waals surface area contributed by atoms with E-state index in [0.717, 1.165) is 23.9 Å². The normalized spacial score (nSPS) is 31.9. The molecule has 0 aromatic rings. The van der Waals surface area contributed by atoms with Gasteiger partial charge >= 0.3 is 0 Å². The second-order valence-electron chi connectivity index (χ2n) is 5.77. The number of hydrogen-bond donors (Lipinski definition) is 1. The molecule has 1 aliphatic rings. The Morgan fingerprint density at radius 3 is 2.50 bits per heavy atom. The maximum absolute atomic E-state index is 3.85. The molecule has 16 heavy (non-hydrogen) atoms. The minimum atomic E-state index is 0.717. The van der Waals surface area contributed by atoms with Gasteiger partial charge in [0.2, 0.25) is 0 Å². The number of unbranched alkanes of at least 4 members (excludes halogenated alkanes) is 2. The topological polar surface area (TPSA) is 12.0 Å². The van der Waals surface area contributed by atoms with E-state index in [1.165, 1.54) is 44.9 Å². The molecule has 1 rings (SSSR count). The maximum atomic E-state index is 3.85. The Hall–Kier alpha value is -0.0400. The van der Waals surface area contributed by atoms with Crippen LogP contribution in [0.15, 0.2) is 0 Å². The van der Waals surface area contributed by atoms with Crippen molar-refractivity contribution in [1.82, 2.24) is 5.32 Å². The molecule has 1 saturated carbocycles. The van der Waals surface area contributed by atoms with Gasteiger partial charge < -0.3 is 5.32 Å². The van der Waals surface area contributed by atoms with Crippen molar-refractivity contribution in [2.75, 3.05) is 0 Å². The number of nitrogens with one attached hydrogen (secondary N) is 1. The highest BCUT2D eigenvalue weighted by Gasteiger charge is 2.31. The summed E-state index contributed by atoms with van der Waals surface area (Å²) in [4.78, 5) is 0. The Morgan fingerprint density at radius 1 is 1.19 bits per heavy atom. The molecule has 1 fully saturated rings. The Labute approximate surface area is 102 Å². The summed E-state index contributed by atoms with van der Waals surface area (Å²) in [5.74, 6) is 1.86. The van der Waals surface area contributed by atoms with Crippen LogP contribution in [0.3, 0.4) is 0 Å². The van der Waals surface area contributed by atoms with E-state index in [0.29, 0.717) is 0 Å². The van der Waals surface area contributed by atoms with E-state index in [-0.39, 0.29) is 0 Å². The average molecular weight is 225 g/mol. The quantitative estimate of drug-likeness (QED) is 0.634. The van der Waals surface area contributed by atoms with Gasteiger partial charge in [-0.2, -0.15) is 0 Å². The second-order valence-corrected chi connectivity index (χ2v) is 5.77. The second kappa shape index (κ2) is 7.32. The van der Waals surface area contributed by atoms with Gasteiger partial charge in [-0.3, -0.25) is 0 Å². The van der Waals surface area contributed by atoms with Gasteiger partial charge in [-0.15, -0.1) is 0 Å². The van der Waals surface area contributed by atoms with Crippen molar-refractivity contribution >= 4 is 0 Å². The third-order valence-electron chi connectivity index (χ3n) is 4.49. The highest BCUT2D eigenvalue weighted by Crippen LogP contribution is 2.34. The van der Waals surface area contributed by atoms with Crippen molar-refractivity contribution in [2.45, 2.75) is 84.7 Å². The fourth-order valence-electron chi connectivity index (χ4n) is 3.21. The first kappa shape index (κ1) is 14.0. The number of rotatable bonds is 7. The molecule has 0 aromatic heterocycles. The Balaban J connectivity index is 2.21. The predicted molar refractivity (Wildman–Crippen MR) is 72.7 cm³/mol. The third-order valence-corrected chi connectivity index (χ3v) is 4.49. The van der Waals surface area contributed by atoms with E-state index in [9.17, 15) is 0 Å². The summed E-state index contributed by atoms with van der Waals surface area (Å²) in [7, 11) is 0. The largest absolute Gasteiger partial charge is 0.311 e. The highest BCUT2D eigenvalue weighted by atomic mass is 15.0. The summed E-state index contributed by atoms with van der Waals surface area (Å²) < 4.78 is 0. The van der Waals surface area contributed by atoms with Gasteiger partial charge in [0, 0.05) is 12.1 Å². The highest BCUT2D eigenvalue weighted by molar-refractivity contribution is 4.87. The zero-order chi connectivity index (χ0) is 12.0. The van der Waals surface area contributed by atoms with Crippen molar-refractivity contribution < 1.29 is 0 Å². The summed E-state index contributed by atoms with van der Waals surface area (Å²) in [6, 6.07) is 1.51. The van der Waals surface area contributed by atoms with Crippen LogP contribution < -0.4 is 5.32 Å². The van der Waals surface area contributed by atoms with Crippen LogP contribution in [0, 0.1) is 11.8 Å². The van der Waals surface area contributed by atoms with Gasteiger partial charge in [0.25, 0.3) is 0 Å². The molecule has 0 bridgehead atoms. The molecule has 1 heteroatoms. The van der Waals surface area contributed by atoms with Crippen molar-refractivity contribution in [1.29, 1.82) is 0 Å². The number of hydrogen-bond acceptors (Lipinski definition) is 1. The van der Waals surface area contributed by atoms with E-state index >= 15 is 0 Å². The van der Waals surface area contributed by atoms with Crippen LogP contribution in [0.25, 0.3) is 0 Å². The lowest BCUT2D eigenvalue weighted by Gasteiger charge is -2.25. The van der Waals surface area contributed by atoms with Crippen LogP contribution in [0.5, 0.6) is 0 Å². The monoisotopic (exact) mass is 225 g/mol. The summed E-state index contributed by atoms with van der Waals surface area (Å²) in [6.45, 7) is 9.43. The molecule has 0 spiro atoms. The molecule has 1 N–H and O–H groups in total. The van der Waals surface area contributed by atoms with Crippen LogP contribution in [0.2, 0.25) is 0 Å². The lowest BCUT2D eigenvalue weighted by Crippen LogP contribution is -2.39. The molecule has 0 aromatic carbocycles. The average Bonchev–Trinajstić information content (AvgIpc) is 2.60. The van der Waals surface area contributed by atoms with Crippen LogP contribution in [-0.2, 0) is 0 Å². The van der Waals surface area contributed by atoms with Gasteiger partial charge in [-0.25, -0.2) is 0 Å². The predicted octanol–water partition coefficient (Wildman–Crippen LogP) is 4.37. The molecule has 0 heterocycles. The Kier molecular flexibility index (Phi) is 6.41. The standard InChI is InChI=1S/C15H31N/c1-5-7-8-9-12(3)16-15-11-10-14(6-2)13(15)4/h12-16H,5-11H2,1-4H3. The Bertz CT molecular complexity index is 178. The molecule has 0 amide bonds. The first-order valence-corrected chi connectivity index (χ1v) is 7.45. The van der Waals surface area contributed by atoms with E-state index in [2.05, 4.69) is 33.0 Å². The molecule has 96 valence electrons. The first-order valence-electron chi connectivity index (χ1n) is 7.45. The van der Waals surface area contributed by atoms with Gasteiger partial charge in [-0.1, -0.05) is 46.5 Å². The molecule has 4 atom stereocenters. The van der Waals surface area contributed by atoms with Crippen LogP contribution in [0.1, 0.15) is 72.6 Å². The molecule has 0 saturated heterocycles. The first-order chi connectivity index (χ1) is 7.69. The molecule has 0 aliphatic heterocycles. The summed E-state index contributed by atoms with van der Waals surface area (Å²) >= 11 is 0. The maximum Gasteiger partial charge on any atom is 0.00979 e. The fourth-order valence-corrected chi connectivity index (χ4v) is 3.21. The van der Waals surface area contributed by atoms with Crippen molar-refractivity contribution in [3.63, 3.8) is 0 Å². The SMILES string of the molecule is CCCCCC(C)NC1CCC(CC)C1C. The van der Waals surface area contributed by atoms with Crippen molar-refractivity contribution in [3.05, 3.63) is 0 Å². The summed E-state index contributed by atoms with van der Waals surface area (Å²) in [5, 5.41) is 3.85. The lowest BCUT2D eigenvalue weighted by molar-refractivity contribution is 0.317. The van der Waals surface area contributed by atoms with Gasteiger partial charge in [0.05, 0.1) is 0 Å². The zero-order valence-electron chi connectivity index (χ0n) is 11.8. The van der Waals surface area contributed by atoms with Crippen LogP contribution in [0.4, 0.5) is 0 Å². The van der Waals surface area contributed by atoms with Gasteiger partial charge in [0.15, 0.2) is 0 Å². The molecular formula is C15H31N. The molecule has 1 nitrogen and oxygen atoms in total. The van der Waals surface area contributed by atoms with Gasteiger partial charge in [-0.05, 0) is 38.0 Å². The van der Waals surface area contributed by atoms with E-state index in [1.54, 1.807) is 0 Å². The molecular weight excluding hydrogens is 194 g/mol. The fraction of sp³-hybridized carbons (Fsp3) is 1.00. The van der Waals surface area contributed by atoms with Crippen molar-refractivity contribution in [3.8, 4) is 0 Å².